The van der Waals surface area contributed by atoms with E-state index >= 15 is 0 Å². The number of aryl methyl sites for hydroxylation is 4. The van der Waals surface area contributed by atoms with Gasteiger partial charge in [-0.3, -0.25) is 4.68 Å². The van der Waals surface area contributed by atoms with Crippen molar-refractivity contribution in [2.24, 2.45) is 7.05 Å². The Hall–Kier alpha value is -1.75. The van der Waals surface area contributed by atoms with Gasteiger partial charge in [0.05, 0.1) is 17.5 Å². The van der Waals surface area contributed by atoms with Crippen LogP contribution in [0, 0.1) is 13.8 Å². The van der Waals surface area contributed by atoms with Gasteiger partial charge in [-0.25, -0.2) is 0 Å². The Labute approximate surface area is 106 Å². The fourth-order valence-corrected chi connectivity index (χ4v) is 1.99. The van der Waals surface area contributed by atoms with Crippen LogP contribution in [0.1, 0.15) is 35.2 Å². The second-order valence-corrected chi connectivity index (χ2v) is 4.53. The number of nitrogens with zero attached hydrogens (tertiary/aromatic N) is 4. The van der Waals surface area contributed by atoms with Crippen LogP contribution < -0.4 is 0 Å². The van der Waals surface area contributed by atoms with Gasteiger partial charge in [0.25, 0.3) is 0 Å². The smallest absolute Gasteiger partial charge is 0.0812 e. The molecule has 0 aliphatic heterocycles. The number of aromatic nitrogens is 4. The highest BCUT2D eigenvalue weighted by Gasteiger charge is 2.13. The monoisotopic (exact) mass is 246 g/mol. The van der Waals surface area contributed by atoms with Crippen LogP contribution in [0.5, 0.6) is 0 Å². The van der Waals surface area contributed by atoms with Crippen molar-refractivity contribution >= 4 is 0 Å². The first kappa shape index (κ1) is 12.7. The standard InChI is InChI=1S/C13H18N4O/c1-9-8-12(10(2)16-15-9)13(18)5-4-11-6-7-14-17(11)3/h6-8,13,18H,4-5H2,1-3H3. The molecule has 2 aromatic rings. The molecule has 18 heavy (non-hydrogen) atoms. The fraction of sp³-hybridized carbons (Fsp3) is 0.462. The Kier molecular flexibility index (Phi) is 3.72. The van der Waals surface area contributed by atoms with E-state index in [4.69, 9.17) is 0 Å². The number of aliphatic hydroxyl groups excluding tert-OH is 1. The molecule has 96 valence electrons. The molecule has 0 aliphatic carbocycles. The third-order valence-corrected chi connectivity index (χ3v) is 3.10. The highest BCUT2D eigenvalue weighted by molar-refractivity contribution is 5.22. The summed E-state index contributed by atoms with van der Waals surface area (Å²) in [5, 5.41) is 22.3. The summed E-state index contributed by atoms with van der Waals surface area (Å²) in [4.78, 5) is 0. The van der Waals surface area contributed by atoms with Crippen molar-refractivity contribution in [2.45, 2.75) is 32.8 Å². The summed E-state index contributed by atoms with van der Waals surface area (Å²) in [5.74, 6) is 0. The van der Waals surface area contributed by atoms with Gasteiger partial charge in [0.2, 0.25) is 0 Å². The number of aliphatic hydroxyl groups is 1. The lowest BCUT2D eigenvalue weighted by Gasteiger charge is -2.13. The zero-order chi connectivity index (χ0) is 13.1. The van der Waals surface area contributed by atoms with E-state index in [1.54, 1.807) is 6.20 Å². The molecule has 2 aromatic heterocycles. The molecule has 5 heteroatoms. The molecule has 0 fully saturated rings. The third kappa shape index (κ3) is 2.73. The minimum absolute atomic E-state index is 0.505. The topological polar surface area (TPSA) is 63.8 Å². The summed E-state index contributed by atoms with van der Waals surface area (Å²) >= 11 is 0. The van der Waals surface area contributed by atoms with E-state index in [-0.39, 0.29) is 0 Å². The molecule has 0 aliphatic rings. The van der Waals surface area contributed by atoms with Crippen molar-refractivity contribution in [1.82, 2.24) is 20.0 Å². The maximum Gasteiger partial charge on any atom is 0.0812 e. The molecule has 0 radical (unpaired) electrons. The van der Waals surface area contributed by atoms with Crippen molar-refractivity contribution in [3.05, 3.63) is 41.0 Å². The van der Waals surface area contributed by atoms with Crippen molar-refractivity contribution in [3.8, 4) is 0 Å². The maximum atomic E-state index is 10.2. The summed E-state index contributed by atoms with van der Waals surface area (Å²) in [5.41, 5.74) is 3.60. The SMILES string of the molecule is Cc1cc(C(O)CCc2ccnn2C)c(C)nn1. The largest absolute Gasteiger partial charge is 0.388 e. The minimum atomic E-state index is -0.505. The van der Waals surface area contributed by atoms with Crippen LogP contribution in [0.3, 0.4) is 0 Å². The van der Waals surface area contributed by atoms with Gasteiger partial charge in [-0.05, 0) is 38.8 Å². The lowest BCUT2D eigenvalue weighted by molar-refractivity contribution is 0.165. The molecule has 0 spiro atoms. The maximum absolute atomic E-state index is 10.2. The van der Waals surface area contributed by atoms with E-state index in [1.165, 1.54) is 0 Å². The van der Waals surface area contributed by atoms with Crippen LogP contribution >= 0.6 is 0 Å². The average Bonchev–Trinajstić information content (AvgIpc) is 2.75. The van der Waals surface area contributed by atoms with Gasteiger partial charge < -0.3 is 5.11 Å². The molecule has 0 saturated heterocycles. The predicted octanol–water partition coefficient (Wildman–Crippen LogP) is 1.49. The van der Waals surface area contributed by atoms with Crippen LogP contribution in [0.25, 0.3) is 0 Å². The quantitative estimate of drug-likeness (QED) is 0.887. The van der Waals surface area contributed by atoms with Crippen molar-refractivity contribution < 1.29 is 5.11 Å². The number of hydrogen-bond donors (Lipinski definition) is 1. The van der Waals surface area contributed by atoms with E-state index in [1.807, 2.05) is 37.7 Å². The average molecular weight is 246 g/mol. The first-order chi connectivity index (χ1) is 8.58. The summed E-state index contributed by atoms with van der Waals surface area (Å²) in [6, 6.07) is 3.87. The van der Waals surface area contributed by atoms with Crippen molar-refractivity contribution in [1.29, 1.82) is 0 Å². The van der Waals surface area contributed by atoms with E-state index in [9.17, 15) is 5.11 Å². The molecular weight excluding hydrogens is 228 g/mol. The molecule has 0 saturated carbocycles. The van der Waals surface area contributed by atoms with Crippen LogP contribution in [0.2, 0.25) is 0 Å². The zero-order valence-corrected chi connectivity index (χ0v) is 11.0. The third-order valence-electron chi connectivity index (χ3n) is 3.10. The van der Waals surface area contributed by atoms with Gasteiger partial charge in [0, 0.05) is 24.5 Å². The van der Waals surface area contributed by atoms with Crippen molar-refractivity contribution in [2.75, 3.05) is 0 Å². The second-order valence-electron chi connectivity index (χ2n) is 4.53. The Morgan fingerprint density at radius 1 is 1.33 bits per heavy atom. The molecule has 0 amide bonds. The van der Waals surface area contributed by atoms with E-state index in [0.29, 0.717) is 6.42 Å². The molecule has 5 nitrogen and oxygen atoms in total. The van der Waals surface area contributed by atoms with Crippen LogP contribution in [-0.4, -0.2) is 25.1 Å². The summed E-state index contributed by atoms with van der Waals surface area (Å²) in [6.45, 7) is 3.75. The normalized spacial score (nSPS) is 12.7. The second kappa shape index (κ2) is 5.27. The minimum Gasteiger partial charge on any atom is -0.388 e. The van der Waals surface area contributed by atoms with Crippen LogP contribution in [0.4, 0.5) is 0 Å². The Morgan fingerprint density at radius 3 is 2.78 bits per heavy atom. The first-order valence-corrected chi connectivity index (χ1v) is 6.03. The van der Waals surface area contributed by atoms with E-state index in [0.717, 1.165) is 29.1 Å². The lowest BCUT2D eigenvalue weighted by atomic mass is 10.0. The molecular formula is C13H18N4O. The molecule has 1 N–H and O–H groups in total. The number of rotatable bonds is 4. The van der Waals surface area contributed by atoms with Crippen LogP contribution in [0.15, 0.2) is 18.3 Å². The Morgan fingerprint density at radius 2 is 2.11 bits per heavy atom. The summed E-state index contributed by atoms with van der Waals surface area (Å²) in [7, 11) is 1.91. The summed E-state index contributed by atoms with van der Waals surface area (Å²) in [6.07, 6.45) is 2.71. The highest BCUT2D eigenvalue weighted by Crippen LogP contribution is 2.21. The van der Waals surface area contributed by atoms with Gasteiger partial charge in [-0.1, -0.05) is 0 Å². The molecule has 2 heterocycles. The molecule has 1 atom stereocenters. The predicted molar refractivity (Wildman–Crippen MR) is 68.0 cm³/mol. The van der Waals surface area contributed by atoms with Gasteiger partial charge in [-0.2, -0.15) is 15.3 Å². The summed E-state index contributed by atoms with van der Waals surface area (Å²) < 4.78 is 1.83. The fourth-order valence-electron chi connectivity index (χ4n) is 1.99. The Bertz CT molecular complexity index is 536. The Balaban J connectivity index is 2.06. The van der Waals surface area contributed by atoms with Crippen LogP contribution in [-0.2, 0) is 13.5 Å². The van der Waals surface area contributed by atoms with Gasteiger partial charge >= 0.3 is 0 Å². The molecule has 1 unspecified atom stereocenters. The molecule has 0 aromatic carbocycles. The molecule has 2 rings (SSSR count). The molecule has 0 bridgehead atoms. The van der Waals surface area contributed by atoms with E-state index in [2.05, 4.69) is 15.3 Å². The van der Waals surface area contributed by atoms with Crippen molar-refractivity contribution in [3.63, 3.8) is 0 Å². The van der Waals surface area contributed by atoms with Gasteiger partial charge in [-0.15, -0.1) is 0 Å². The van der Waals surface area contributed by atoms with Gasteiger partial charge in [0.15, 0.2) is 0 Å². The van der Waals surface area contributed by atoms with E-state index < -0.39 is 6.10 Å². The zero-order valence-electron chi connectivity index (χ0n) is 11.0. The first-order valence-electron chi connectivity index (χ1n) is 6.03. The number of hydrogen-bond acceptors (Lipinski definition) is 4. The highest BCUT2D eigenvalue weighted by atomic mass is 16.3. The lowest BCUT2D eigenvalue weighted by Crippen LogP contribution is -2.07. The van der Waals surface area contributed by atoms with Gasteiger partial charge in [0.1, 0.15) is 0 Å².